The first-order valence-electron chi connectivity index (χ1n) is 10.1. The number of amides is 1. The Balaban J connectivity index is 1.93. The molecule has 1 unspecified atom stereocenters. The summed E-state index contributed by atoms with van der Waals surface area (Å²) in [6.45, 7) is 13.6. The molecule has 0 spiro atoms. The first-order chi connectivity index (χ1) is 11.8. The van der Waals surface area contributed by atoms with Crippen molar-refractivity contribution < 1.29 is 4.79 Å². The molecule has 2 heteroatoms. The highest BCUT2D eigenvalue weighted by atomic mass is 16.2. The molecule has 25 heavy (non-hydrogen) atoms. The molecule has 0 aromatic carbocycles. The van der Waals surface area contributed by atoms with Crippen molar-refractivity contribution in [2.75, 3.05) is 6.54 Å². The van der Waals surface area contributed by atoms with Gasteiger partial charge in [0.1, 0.15) is 0 Å². The van der Waals surface area contributed by atoms with Crippen molar-refractivity contribution in [2.24, 2.45) is 28.6 Å². The Kier molecular flexibility index (Phi) is 5.01. The molecule has 0 aliphatic heterocycles. The van der Waals surface area contributed by atoms with Gasteiger partial charge >= 0.3 is 0 Å². The molecule has 1 saturated carbocycles. The second kappa shape index (κ2) is 6.78. The van der Waals surface area contributed by atoms with Crippen LogP contribution >= 0.6 is 0 Å². The largest absolute Gasteiger partial charge is 0.352 e. The van der Waals surface area contributed by atoms with E-state index in [1.54, 1.807) is 17.2 Å². The van der Waals surface area contributed by atoms with Gasteiger partial charge in [-0.05, 0) is 60.8 Å². The van der Waals surface area contributed by atoms with E-state index in [-0.39, 0.29) is 16.7 Å². The van der Waals surface area contributed by atoms with Crippen molar-refractivity contribution >= 4 is 5.91 Å². The van der Waals surface area contributed by atoms with Crippen LogP contribution in [0.2, 0.25) is 0 Å². The van der Waals surface area contributed by atoms with Gasteiger partial charge in [0, 0.05) is 6.54 Å². The summed E-state index contributed by atoms with van der Waals surface area (Å²) in [5, 5.41) is 3.10. The van der Waals surface area contributed by atoms with E-state index in [9.17, 15) is 4.79 Å². The molecular weight excluding hydrogens is 306 g/mol. The molecule has 4 atom stereocenters. The van der Waals surface area contributed by atoms with E-state index in [1.165, 1.54) is 19.3 Å². The zero-order valence-corrected chi connectivity index (χ0v) is 16.5. The van der Waals surface area contributed by atoms with E-state index < -0.39 is 0 Å². The molecular formula is C23H35NO. The highest BCUT2D eigenvalue weighted by molar-refractivity contribution is 5.83. The minimum atomic E-state index is -0.250. The quantitative estimate of drug-likeness (QED) is 0.679. The molecule has 1 amide bonds. The van der Waals surface area contributed by atoms with Crippen LogP contribution in [0.4, 0.5) is 0 Å². The standard InChI is InChI=1S/C23H35NO/c1-6-14-24-21(25)23(5)13-7-12-22(4)19-10-8-17(16(2)3)15-18(19)9-11-20(22)23/h6,9,15-16,19-20H,1,7-8,10-14H2,2-5H3,(H,24,25)/t19-,20?,22+,23+/m0/s1. The highest BCUT2D eigenvalue weighted by Crippen LogP contribution is 2.62. The maximum absolute atomic E-state index is 13.0. The van der Waals surface area contributed by atoms with Crippen LogP contribution in [-0.2, 0) is 4.79 Å². The molecule has 0 saturated heterocycles. The molecule has 138 valence electrons. The van der Waals surface area contributed by atoms with Crippen LogP contribution in [0.1, 0.15) is 66.2 Å². The number of nitrogens with one attached hydrogen (secondary N) is 1. The van der Waals surface area contributed by atoms with Crippen molar-refractivity contribution in [3.63, 3.8) is 0 Å². The lowest BCUT2D eigenvalue weighted by Crippen LogP contribution is -2.55. The average molecular weight is 342 g/mol. The third-order valence-corrected chi connectivity index (χ3v) is 7.51. The van der Waals surface area contributed by atoms with Crippen LogP contribution in [0, 0.1) is 28.6 Å². The van der Waals surface area contributed by atoms with Gasteiger partial charge in [-0.3, -0.25) is 4.79 Å². The topological polar surface area (TPSA) is 29.1 Å². The average Bonchev–Trinajstić information content (AvgIpc) is 2.58. The van der Waals surface area contributed by atoms with Gasteiger partial charge < -0.3 is 5.32 Å². The maximum Gasteiger partial charge on any atom is 0.226 e. The molecule has 0 aromatic heterocycles. The normalized spacial score (nSPS) is 37.5. The van der Waals surface area contributed by atoms with Crippen LogP contribution in [0.3, 0.4) is 0 Å². The number of allylic oxidation sites excluding steroid dienone is 4. The fraction of sp³-hybridized carbons (Fsp3) is 0.696. The minimum absolute atomic E-state index is 0.231. The van der Waals surface area contributed by atoms with Gasteiger partial charge in [0.15, 0.2) is 0 Å². The van der Waals surface area contributed by atoms with E-state index in [0.29, 0.717) is 24.3 Å². The lowest BCUT2D eigenvalue weighted by molar-refractivity contribution is -0.144. The Hall–Kier alpha value is -1.31. The predicted octanol–water partition coefficient (Wildman–Crippen LogP) is 5.42. The summed E-state index contributed by atoms with van der Waals surface area (Å²) in [5.74, 6) is 1.95. The molecule has 1 fully saturated rings. The Bertz CT molecular complexity index is 614. The first kappa shape index (κ1) is 18.5. The van der Waals surface area contributed by atoms with Crippen LogP contribution in [-0.4, -0.2) is 12.5 Å². The highest BCUT2D eigenvalue weighted by Gasteiger charge is 2.56. The summed E-state index contributed by atoms with van der Waals surface area (Å²) < 4.78 is 0. The van der Waals surface area contributed by atoms with Crippen LogP contribution in [0.5, 0.6) is 0 Å². The van der Waals surface area contributed by atoms with E-state index in [1.807, 2.05) is 0 Å². The molecule has 0 aromatic rings. The zero-order valence-electron chi connectivity index (χ0n) is 16.5. The van der Waals surface area contributed by atoms with E-state index in [4.69, 9.17) is 0 Å². The number of hydrogen-bond acceptors (Lipinski definition) is 1. The van der Waals surface area contributed by atoms with Crippen molar-refractivity contribution in [3.05, 3.63) is 36.0 Å². The number of rotatable bonds is 4. The molecule has 3 aliphatic carbocycles. The summed E-state index contributed by atoms with van der Waals surface area (Å²) in [6.07, 6.45) is 13.7. The van der Waals surface area contributed by atoms with Gasteiger partial charge in [0.05, 0.1) is 5.41 Å². The lowest BCUT2D eigenvalue weighted by atomic mass is 9.46. The van der Waals surface area contributed by atoms with E-state index in [0.717, 1.165) is 19.3 Å². The molecule has 0 radical (unpaired) electrons. The number of carbonyl (C=O) groups is 1. The monoisotopic (exact) mass is 341 g/mol. The lowest BCUT2D eigenvalue weighted by Gasteiger charge is -2.57. The third kappa shape index (κ3) is 3.02. The molecule has 0 bridgehead atoms. The maximum atomic E-state index is 13.0. The van der Waals surface area contributed by atoms with Gasteiger partial charge in [-0.1, -0.05) is 57.9 Å². The van der Waals surface area contributed by atoms with Crippen molar-refractivity contribution in [2.45, 2.75) is 66.2 Å². The van der Waals surface area contributed by atoms with Crippen molar-refractivity contribution in [1.82, 2.24) is 5.32 Å². The van der Waals surface area contributed by atoms with Gasteiger partial charge in [-0.2, -0.15) is 0 Å². The summed E-state index contributed by atoms with van der Waals surface area (Å²) in [4.78, 5) is 13.0. The molecule has 3 aliphatic rings. The summed E-state index contributed by atoms with van der Waals surface area (Å²) >= 11 is 0. The first-order valence-corrected chi connectivity index (χ1v) is 10.1. The van der Waals surface area contributed by atoms with Gasteiger partial charge in [-0.25, -0.2) is 0 Å². The summed E-state index contributed by atoms with van der Waals surface area (Å²) in [6, 6.07) is 0. The Morgan fingerprint density at radius 2 is 2.16 bits per heavy atom. The fourth-order valence-corrected chi connectivity index (χ4v) is 5.98. The molecule has 3 rings (SSSR count). The Labute approximate surface area is 153 Å². The molecule has 0 heterocycles. The molecule has 1 N–H and O–H groups in total. The summed E-state index contributed by atoms with van der Waals surface area (Å²) in [5.41, 5.74) is 3.16. The summed E-state index contributed by atoms with van der Waals surface area (Å²) in [7, 11) is 0. The van der Waals surface area contributed by atoms with Crippen molar-refractivity contribution in [3.8, 4) is 0 Å². The number of carbonyl (C=O) groups excluding carboxylic acids is 1. The molecule has 2 nitrogen and oxygen atoms in total. The van der Waals surface area contributed by atoms with Crippen LogP contribution in [0.25, 0.3) is 0 Å². The third-order valence-electron chi connectivity index (χ3n) is 7.51. The number of fused-ring (bicyclic) bond motifs is 3. The van der Waals surface area contributed by atoms with Gasteiger partial charge in [-0.15, -0.1) is 6.58 Å². The minimum Gasteiger partial charge on any atom is -0.352 e. The number of hydrogen-bond donors (Lipinski definition) is 1. The Morgan fingerprint density at radius 1 is 1.40 bits per heavy atom. The SMILES string of the molecule is C=CCNC(=O)[C@]1(C)CCC[C@@]2(C)C1CC=C1C=C(C(C)C)CC[C@@H]12. The predicted molar refractivity (Wildman–Crippen MR) is 105 cm³/mol. The van der Waals surface area contributed by atoms with Crippen LogP contribution in [0.15, 0.2) is 36.0 Å². The second-order valence-corrected chi connectivity index (χ2v) is 9.23. The second-order valence-electron chi connectivity index (χ2n) is 9.23. The van der Waals surface area contributed by atoms with E-state index in [2.05, 4.69) is 51.7 Å². The van der Waals surface area contributed by atoms with Crippen molar-refractivity contribution in [1.29, 1.82) is 0 Å². The van der Waals surface area contributed by atoms with E-state index >= 15 is 0 Å². The van der Waals surface area contributed by atoms with Gasteiger partial charge in [0.2, 0.25) is 5.91 Å². The zero-order chi connectivity index (χ0) is 18.2. The fourth-order valence-electron chi connectivity index (χ4n) is 5.98. The Morgan fingerprint density at radius 3 is 2.84 bits per heavy atom. The van der Waals surface area contributed by atoms with Gasteiger partial charge in [0.25, 0.3) is 0 Å². The smallest absolute Gasteiger partial charge is 0.226 e. The van der Waals surface area contributed by atoms with Crippen LogP contribution < -0.4 is 5.32 Å².